The predicted molar refractivity (Wildman–Crippen MR) is 502 cm³/mol. The fourth-order valence-corrected chi connectivity index (χ4v) is 21.1. The number of nitrogens with zero attached hydrogens (tertiary/aromatic N) is 9. The fourth-order valence-electron chi connectivity index (χ4n) is 17.9. The van der Waals surface area contributed by atoms with E-state index in [9.17, 15) is 40.3 Å². The Balaban J connectivity index is 0.000000258. The third kappa shape index (κ3) is 26.1. The number of anilines is 3. The first-order chi connectivity index (χ1) is 61.0. The van der Waals surface area contributed by atoms with Gasteiger partial charge in [-0.3, -0.25) is 9.59 Å². The molecule has 2 aromatic heterocycles. The molecule has 672 valence electrons. The van der Waals surface area contributed by atoms with Crippen LogP contribution in [0.2, 0.25) is 0 Å². The molecule has 5 aliphatic heterocycles. The van der Waals surface area contributed by atoms with Crippen molar-refractivity contribution in [1.82, 2.24) is 5.06 Å². The average molecular weight is 1900 g/mol. The summed E-state index contributed by atoms with van der Waals surface area (Å²) in [5, 5.41) is 5.73. The van der Waals surface area contributed by atoms with Gasteiger partial charge in [0.15, 0.2) is 31.2 Å². The second kappa shape index (κ2) is 46.3. The number of hydrogen-bond donors (Lipinski definition) is 0. The molecule has 15 rings (SSSR count). The Kier molecular flexibility index (Phi) is 37.2. The number of ether oxygens (including phenoxy) is 1. The van der Waals surface area contributed by atoms with E-state index in [0.717, 1.165) is 112 Å². The molecule has 7 heterocycles. The van der Waals surface area contributed by atoms with Crippen molar-refractivity contribution in [2.45, 2.75) is 174 Å². The normalized spacial score (nSPS) is 16.9. The van der Waals surface area contributed by atoms with E-state index in [1.807, 2.05) is 67.7 Å². The number of thioether (sulfide) groups is 2. The summed E-state index contributed by atoms with van der Waals surface area (Å²) in [6, 6.07) is 58.8. The minimum Gasteiger partial charge on any atom is -0.744 e. The number of para-hydroxylation sites is 4. The maximum Gasteiger partial charge on any atom is 1.00 e. The molecule has 23 nitrogen and oxygen atoms in total. The number of carbonyl (C=O) groups excluding carboxylic acids is 3. The molecule has 0 radical (unpaired) electrons. The van der Waals surface area contributed by atoms with Crippen LogP contribution in [-0.2, 0) is 74.0 Å². The fraction of sp³-hybridized carbons (Fsp3) is 0.360. The topological polar surface area (TPSA) is 259 Å². The van der Waals surface area contributed by atoms with Gasteiger partial charge in [0, 0.05) is 115 Å². The van der Waals surface area contributed by atoms with Gasteiger partial charge >= 0.3 is 105 Å². The second-order valence-electron chi connectivity index (χ2n) is 35.6. The minimum absolute atomic E-state index is 0. The van der Waals surface area contributed by atoms with Crippen LogP contribution in [0.15, 0.2) is 259 Å². The molecule has 2 amide bonds. The Labute approximate surface area is 848 Å². The van der Waals surface area contributed by atoms with E-state index in [0.29, 0.717) is 55.3 Å². The number of unbranched alkanes of at least 4 members (excludes halogenated alkanes) is 4. The summed E-state index contributed by atoms with van der Waals surface area (Å²) in [4.78, 5) is 50.1. The molecular formula is C100H115N9Na3O14S5+5. The van der Waals surface area contributed by atoms with Gasteiger partial charge in [-0.15, -0.1) is 23.8 Å². The third-order valence-electron chi connectivity index (χ3n) is 24.9. The number of benzene rings is 7. The Morgan fingerprint density at radius 3 is 1.64 bits per heavy atom. The summed E-state index contributed by atoms with van der Waals surface area (Å²) in [5.74, 6) is -0.712. The van der Waals surface area contributed by atoms with Crippen LogP contribution < -0.4 is 117 Å². The molecule has 9 aromatic rings. The van der Waals surface area contributed by atoms with Crippen LogP contribution in [0.4, 0.5) is 22.7 Å². The van der Waals surface area contributed by atoms with E-state index < -0.39 is 59.5 Å². The molecule has 1 fully saturated rings. The zero-order valence-corrected chi connectivity index (χ0v) is 87.9. The van der Waals surface area contributed by atoms with Gasteiger partial charge in [0.2, 0.25) is 11.0 Å². The van der Waals surface area contributed by atoms with Crippen LogP contribution in [0.3, 0.4) is 0 Å². The summed E-state index contributed by atoms with van der Waals surface area (Å²) < 4.78 is 113. The number of hydrogen-bond acceptors (Lipinski definition) is 19. The quantitative estimate of drug-likeness (QED) is 0.00729. The Bertz CT molecular complexity index is 6140. The van der Waals surface area contributed by atoms with E-state index in [4.69, 9.17) is 22.2 Å². The molecule has 0 unspecified atom stereocenters. The van der Waals surface area contributed by atoms with Crippen molar-refractivity contribution in [3.05, 3.63) is 268 Å². The van der Waals surface area contributed by atoms with E-state index in [1.165, 1.54) is 133 Å². The van der Waals surface area contributed by atoms with Crippen LogP contribution in [0.5, 0.6) is 5.75 Å². The number of hydroxylamine groups is 2. The van der Waals surface area contributed by atoms with Crippen LogP contribution in [0.25, 0.3) is 34.0 Å². The zero-order chi connectivity index (χ0) is 91.5. The summed E-state index contributed by atoms with van der Waals surface area (Å²) >= 11 is 3.71. The number of pyridine rings is 2. The first-order valence-electron chi connectivity index (χ1n) is 43.8. The van der Waals surface area contributed by atoms with Gasteiger partial charge in [0.25, 0.3) is 11.8 Å². The smallest absolute Gasteiger partial charge is 0.744 e. The summed E-state index contributed by atoms with van der Waals surface area (Å²) in [6.07, 6.45) is 28.2. The van der Waals surface area contributed by atoms with Crippen LogP contribution in [0.1, 0.15) is 153 Å². The van der Waals surface area contributed by atoms with Crippen molar-refractivity contribution in [3.63, 3.8) is 0 Å². The maximum atomic E-state index is 12.5. The summed E-state index contributed by atoms with van der Waals surface area (Å²) in [7, 11) is 1.50. The van der Waals surface area contributed by atoms with Gasteiger partial charge in [-0.05, 0) is 170 Å². The molecule has 131 heavy (non-hydrogen) atoms. The van der Waals surface area contributed by atoms with Gasteiger partial charge in [0.05, 0.1) is 109 Å². The number of carbonyl (C=O) groups is 3. The molecule has 0 saturated carbocycles. The molecule has 31 heteroatoms. The second-order valence-corrected chi connectivity index (χ2v) is 40.9. The van der Waals surface area contributed by atoms with Crippen LogP contribution in [-0.4, -0.2) is 162 Å². The number of rotatable bonds is 32. The monoisotopic (exact) mass is 1890 g/mol. The van der Waals surface area contributed by atoms with Gasteiger partial charge < -0.3 is 42.3 Å². The Hall–Kier alpha value is -7.66. The number of imide groups is 1. The van der Waals surface area contributed by atoms with E-state index in [-0.39, 0.29) is 118 Å². The van der Waals surface area contributed by atoms with Crippen molar-refractivity contribution >= 4 is 135 Å². The van der Waals surface area contributed by atoms with Gasteiger partial charge in [-0.2, -0.15) is 27.3 Å². The number of aromatic nitrogens is 2. The first kappa shape index (κ1) is 105. The number of fused-ring (bicyclic) bond motifs is 6. The molecule has 0 N–H and O–H groups in total. The van der Waals surface area contributed by atoms with Crippen molar-refractivity contribution in [1.29, 1.82) is 0 Å². The van der Waals surface area contributed by atoms with Crippen LogP contribution in [0, 0.1) is 6.07 Å². The molecular weight excluding hydrogens is 1780 g/mol. The van der Waals surface area contributed by atoms with Gasteiger partial charge in [-0.1, -0.05) is 131 Å². The Morgan fingerprint density at radius 1 is 0.573 bits per heavy atom. The molecule has 1 saturated heterocycles. The van der Waals surface area contributed by atoms with Crippen molar-refractivity contribution < 1.29 is 174 Å². The van der Waals surface area contributed by atoms with Gasteiger partial charge in [0.1, 0.15) is 44.0 Å². The molecule has 1 aliphatic carbocycles. The first-order valence-corrected chi connectivity index (χ1v) is 49.3. The summed E-state index contributed by atoms with van der Waals surface area (Å²) in [5.41, 5.74) is 14.1. The molecule has 0 atom stereocenters. The van der Waals surface area contributed by atoms with E-state index in [2.05, 4.69) is 243 Å². The number of allylic oxidation sites excluding steroid dienone is 7. The minimum atomic E-state index is -4.69. The maximum absolute atomic E-state index is 12.5. The van der Waals surface area contributed by atoms with Crippen molar-refractivity contribution in [2.24, 2.45) is 0 Å². The summed E-state index contributed by atoms with van der Waals surface area (Å²) in [6.45, 7) is 18.6. The van der Waals surface area contributed by atoms with Crippen molar-refractivity contribution in [2.75, 3.05) is 96.3 Å². The largest absolute Gasteiger partial charge is 1.00 e. The number of quaternary nitrogens is 2. The molecule has 7 aromatic carbocycles. The molecule has 0 bridgehead atoms. The molecule has 0 spiro atoms. The predicted octanol–water partition coefficient (Wildman–Crippen LogP) is 8.39. The van der Waals surface area contributed by atoms with E-state index >= 15 is 0 Å². The Morgan fingerprint density at radius 2 is 1.10 bits per heavy atom. The number of amides is 2. The number of aryl methyl sites for hydroxylation is 2. The van der Waals surface area contributed by atoms with E-state index in [1.54, 1.807) is 6.07 Å². The van der Waals surface area contributed by atoms with Gasteiger partial charge in [-0.25, -0.2) is 26.2 Å². The van der Waals surface area contributed by atoms with Crippen LogP contribution >= 0.6 is 23.5 Å². The zero-order valence-electron chi connectivity index (χ0n) is 77.8. The third-order valence-corrected chi connectivity index (χ3v) is 28.9. The standard InChI is InChI=1S/C51H59N3O11S2.C49H58N6S2.3Na.O3S/c1-6-7-12-32-53-43-27-26-39(67(61,62)63)34-41(43)51(4,5)45(53)29-21-36-16-14-15-35(49(36)64-37-22-24-38(25-23-37)66(58,59)60)20-28-44-50(2,3)40-17-10-11-18-42(40)52(44)33-13-8-9-19-48(57)65-54-46(55)30-31-47(54)56;1-50-44-22-11-13-24-46(44)56-48(50)36-38-26-30-52(42-20-9-7-18-40(38)42)28-15-32-54(3,4)34-17-35-55(5,6)33-16-29-53-31-27-39(41-19-8-10-21-43(41)53)37-49-51(2)45-23-12-14-25-47(45)57-49;;;;1-4(2)3/h11,17-18,20-29,34H,6-9,12-16,19,30-33H2,1-5H3,(H,58,59,60)(H,61,62,63);7-14,18-27,30-31,36-37H,15-17,28-29,32-35H2,1-6H3;;;;/q;+4;3*+1;/p-2. The average Bonchev–Trinajstić information content (AvgIpc) is 1.59. The SMILES string of the molecule is CCCCCN1C(=CC=C2CCCC(C=CC3=[N+](CCCCCC(=O)ON4C(=O)CCC4=O)c4cc[c-]cc4C3(C)C)=C2Oc2ccc(S(=O)(=O)[O-])cc2)C(C)(C)c2cc(S(=O)(=O)[O-])ccc21.CN1C(=Cc2cc[n+](CCC[N+](C)(C)CCC[N+](C)(C)CCC[n+]3ccc(C=C4Sc5ccccc5N4C)c4ccccc43)c3ccccc23)Sc2ccccc21.O=S(=O)=O.[Na+].[Na+].[Na+]. The van der Waals surface area contributed by atoms with Crippen molar-refractivity contribution in [3.8, 4) is 5.75 Å². The molecule has 6 aliphatic rings.